The van der Waals surface area contributed by atoms with Gasteiger partial charge in [-0.3, -0.25) is 4.79 Å². The maximum Gasteiger partial charge on any atom is 0.303 e. The molecule has 0 aliphatic carbocycles. The van der Waals surface area contributed by atoms with Crippen LogP contribution in [0.2, 0.25) is 0 Å². The summed E-state index contributed by atoms with van der Waals surface area (Å²) in [6.45, 7) is 3.68. The van der Waals surface area contributed by atoms with Gasteiger partial charge in [-0.25, -0.2) is 0 Å². The van der Waals surface area contributed by atoms with Gasteiger partial charge < -0.3 is 15.3 Å². The van der Waals surface area contributed by atoms with Crippen LogP contribution in [0.15, 0.2) is 10.5 Å². The Bertz CT molecular complexity index is 330. The zero-order valence-corrected chi connectivity index (χ0v) is 8.41. The summed E-state index contributed by atoms with van der Waals surface area (Å²) < 4.78 is 5.32. The number of rotatable bonds is 4. The van der Waals surface area contributed by atoms with E-state index in [1.54, 1.807) is 0 Å². The summed E-state index contributed by atoms with van der Waals surface area (Å²) in [7, 11) is 0. The van der Waals surface area contributed by atoms with Gasteiger partial charge in [0.05, 0.1) is 0 Å². The summed E-state index contributed by atoms with van der Waals surface area (Å²) >= 11 is 0. The molecule has 4 heteroatoms. The van der Waals surface area contributed by atoms with Gasteiger partial charge in [-0.2, -0.15) is 0 Å². The zero-order chi connectivity index (χ0) is 10.7. The number of hydrogen-bond acceptors (Lipinski definition) is 3. The normalized spacial score (nSPS) is 12.8. The van der Waals surface area contributed by atoms with Crippen molar-refractivity contribution in [1.82, 2.24) is 0 Å². The van der Waals surface area contributed by atoms with Gasteiger partial charge in [0.2, 0.25) is 0 Å². The molecule has 78 valence electrons. The van der Waals surface area contributed by atoms with Crippen LogP contribution in [0.5, 0.6) is 0 Å². The molecule has 0 radical (unpaired) electrons. The van der Waals surface area contributed by atoms with E-state index in [0.717, 1.165) is 17.1 Å². The molecule has 0 amide bonds. The van der Waals surface area contributed by atoms with Crippen molar-refractivity contribution in [3.05, 3.63) is 23.2 Å². The average molecular weight is 197 g/mol. The summed E-state index contributed by atoms with van der Waals surface area (Å²) in [6, 6.07) is 1.62. The second kappa shape index (κ2) is 4.28. The lowest BCUT2D eigenvalue weighted by molar-refractivity contribution is -0.137. The fourth-order valence-corrected chi connectivity index (χ4v) is 1.45. The third kappa shape index (κ3) is 2.60. The number of aryl methyl sites for hydroxylation is 2. The van der Waals surface area contributed by atoms with Crippen LogP contribution in [-0.4, -0.2) is 11.1 Å². The van der Waals surface area contributed by atoms with Crippen molar-refractivity contribution in [1.29, 1.82) is 0 Å². The number of carbonyl (C=O) groups is 1. The first-order chi connectivity index (χ1) is 6.50. The fourth-order valence-electron chi connectivity index (χ4n) is 1.45. The van der Waals surface area contributed by atoms with Gasteiger partial charge in [0.15, 0.2) is 0 Å². The van der Waals surface area contributed by atoms with E-state index in [1.807, 2.05) is 19.9 Å². The molecule has 14 heavy (non-hydrogen) atoms. The number of carboxylic acid groups (broad SMARTS) is 1. The van der Waals surface area contributed by atoms with E-state index < -0.39 is 5.97 Å². The summed E-state index contributed by atoms with van der Waals surface area (Å²) in [5.74, 6) is 0.766. The first kappa shape index (κ1) is 10.8. The Morgan fingerprint density at radius 1 is 1.64 bits per heavy atom. The van der Waals surface area contributed by atoms with E-state index in [2.05, 4.69) is 0 Å². The fraction of sp³-hybridized carbons (Fsp3) is 0.500. The highest BCUT2D eigenvalue weighted by molar-refractivity contribution is 5.66. The Hall–Kier alpha value is -1.29. The molecule has 0 saturated heterocycles. The van der Waals surface area contributed by atoms with Gasteiger partial charge in [-0.05, 0) is 26.3 Å². The zero-order valence-electron chi connectivity index (χ0n) is 8.41. The van der Waals surface area contributed by atoms with Crippen molar-refractivity contribution in [2.24, 2.45) is 5.73 Å². The topological polar surface area (TPSA) is 76.5 Å². The maximum atomic E-state index is 10.3. The van der Waals surface area contributed by atoms with E-state index >= 15 is 0 Å². The molecular formula is C10H15NO3. The Morgan fingerprint density at radius 3 is 2.71 bits per heavy atom. The number of hydrogen-bond donors (Lipinski definition) is 2. The second-order valence-electron chi connectivity index (χ2n) is 3.41. The highest BCUT2D eigenvalue weighted by Gasteiger charge is 2.13. The largest absolute Gasteiger partial charge is 0.481 e. The highest BCUT2D eigenvalue weighted by Crippen LogP contribution is 2.22. The van der Waals surface area contributed by atoms with Crippen molar-refractivity contribution < 1.29 is 14.3 Å². The molecule has 1 aromatic heterocycles. The molecule has 0 spiro atoms. The minimum Gasteiger partial charge on any atom is -0.481 e. The minimum atomic E-state index is -0.821. The van der Waals surface area contributed by atoms with Crippen molar-refractivity contribution in [3.8, 4) is 0 Å². The molecule has 0 aliphatic rings. The Kier molecular flexibility index (Phi) is 3.30. The molecule has 1 atom stereocenters. The summed E-state index contributed by atoms with van der Waals surface area (Å²) in [5, 5.41) is 8.50. The number of furan rings is 1. The predicted octanol–water partition coefficient (Wildman–Crippen LogP) is 1.76. The molecule has 1 aromatic rings. The van der Waals surface area contributed by atoms with Crippen LogP contribution < -0.4 is 5.73 Å². The predicted molar refractivity (Wildman–Crippen MR) is 52.0 cm³/mol. The molecule has 0 aliphatic heterocycles. The molecule has 0 fully saturated rings. The van der Waals surface area contributed by atoms with Crippen LogP contribution in [0, 0.1) is 13.8 Å². The molecule has 0 saturated carbocycles. The number of nitrogens with two attached hydrogens (primary N) is 1. The van der Waals surface area contributed by atoms with Crippen LogP contribution >= 0.6 is 0 Å². The summed E-state index contributed by atoms with van der Waals surface area (Å²) in [6.07, 6.45) is 0.528. The highest BCUT2D eigenvalue weighted by atomic mass is 16.4. The monoisotopic (exact) mass is 197 g/mol. The van der Waals surface area contributed by atoms with E-state index in [4.69, 9.17) is 15.3 Å². The molecule has 1 rings (SSSR count). The average Bonchev–Trinajstić information content (AvgIpc) is 2.41. The van der Waals surface area contributed by atoms with Gasteiger partial charge in [0.1, 0.15) is 11.5 Å². The summed E-state index contributed by atoms with van der Waals surface area (Å²) in [4.78, 5) is 10.3. The van der Waals surface area contributed by atoms with Gasteiger partial charge in [0, 0.05) is 18.0 Å². The van der Waals surface area contributed by atoms with E-state index in [0.29, 0.717) is 6.42 Å². The molecule has 3 N–H and O–H groups in total. The van der Waals surface area contributed by atoms with E-state index in [9.17, 15) is 4.79 Å². The first-order valence-electron chi connectivity index (χ1n) is 4.55. The van der Waals surface area contributed by atoms with Gasteiger partial charge in [-0.15, -0.1) is 0 Å². The number of aliphatic carboxylic acids is 1. The minimum absolute atomic E-state index is 0.0881. The third-order valence-electron chi connectivity index (χ3n) is 2.15. The SMILES string of the molecule is Cc1cc([C@@H](N)CCC(=O)O)c(C)o1. The standard InChI is InChI=1S/C10H15NO3/c1-6-5-8(7(2)14-6)9(11)3-4-10(12)13/h5,9H,3-4,11H2,1-2H3,(H,12,13)/t9-/m0/s1. The lowest BCUT2D eigenvalue weighted by Crippen LogP contribution is -2.12. The molecule has 0 aromatic carbocycles. The van der Waals surface area contributed by atoms with Crippen LogP contribution in [0.3, 0.4) is 0 Å². The smallest absolute Gasteiger partial charge is 0.303 e. The van der Waals surface area contributed by atoms with Gasteiger partial charge in [-0.1, -0.05) is 0 Å². The quantitative estimate of drug-likeness (QED) is 0.771. The van der Waals surface area contributed by atoms with Gasteiger partial charge in [0.25, 0.3) is 0 Å². The van der Waals surface area contributed by atoms with E-state index in [1.165, 1.54) is 0 Å². The summed E-state index contributed by atoms with van der Waals surface area (Å²) in [5.41, 5.74) is 6.74. The van der Waals surface area contributed by atoms with Crippen LogP contribution in [0.25, 0.3) is 0 Å². The lowest BCUT2D eigenvalue weighted by atomic mass is 10.0. The van der Waals surface area contributed by atoms with Crippen molar-refractivity contribution >= 4 is 5.97 Å². The van der Waals surface area contributed by atoms with Crippen LogP contribution in [0.1, 0.15) is 36.0 Å². The van der Waals surface area contributed by atoms with Gasteiger partial charge >= 0.3 is 5.97 Å². The number of carboxylic acids is 1. The third-order valence-corrected chi connectivity index (χ3v) is 2.15. The van der Waals surface area contributed by atoms with Crippen molar-refractivity contribution in [3.63, 3.8) is 0 Å². The Morgan fingerprint density at radius 2 is 2.29 bits per heavy atom. The molecule has 4 nitrogen and oxygen atoms in total. The first-order valence-corrected chi connectivity index (χ1v) is 4.55. The molecular weight excluding hydrogens is 182 g/mol. The lowest BCUT2D eigenvalue weighted by Gasteiger charge is -2.08. The Labute approximate surface area is 82.7 Å². The van der Waals surface area contributed by atoms with Crippen molar-refractivity contribution in [2.45, 2.75) is 32.7 Å². The Balaban J connectivity index is 2.64. The van der Waals surface area contributed by atoms with Crippen molar-refractivity contribution in [2.75, 3.05) is 0 Å². The second-order valence-corrected chi connectivity index (χ2v) is 3.41. The molecule has 0 bridgehead atoms. The van der Waals surface area contributed by atoms with Crippen LogP contribution in [-0.2, 0) is 4.79 Å². The van der Waals surface area contributed by atoms with Crippen LogP contribution in [0.4, 0.5) is 0 Å². The maximum absolute atomic E-state index is 10.3. The molecule has 0 unspecified atom stereocenters. The van der Waals surface area contributed by atoms with E-state index in [-0.39, 0.29) is 12.5 Å². The molecule has 1 heterocycles.